The number of ether oxygens (including phenoxy) is 1. The predicted octanol–water partition coefficient (Wildman–Crippen LogP) is 2.74. The van der Waals surface area contributed by atoms with Crippen molar-refractivity contribution < 1.29 is 9.53 Å². The Hall–Kier alpha value is -2.63. The second-order valence-electron chi connectivity index (χ2n) is 6.80. The second kappa shape index (κ2) is 9.35. The monoisotopic (exact) mass is 371 g/mol. The van der Waals surface area contributed by atoms with E-state index in [0.717, 1.165) is 23.4 Å². The summed E-state index contributed by atoms with van der Waals surface area (Å²) in [6.07, 6.45) is 1.06. The molecule has 0 radical (unpaired) electrons. The molecule has 2 aromatic rings. The number of rotatable bonds is 8. The van der Waals surface area contributed by atoms with Crippen molar-refractivity contribution in [3.05, 3.63) is 57.8 Å². The SMILES string of the molecule is CCN(C(=O)CCn1c(C)cc(C)nc1=O)C(C)Cc1ccc(OC)cc1. The van der Waals surface area contributed by atoms with Crippen LogP contribution in [0, 0.1) is 13.8 Å². The Labute approximate surface area is 160 Å². The van der Waals surface area contributed by atoms with Gasteiger partial charge in [0, 0.05) is 36.9 Å². The van der Waals surface area contributed by atoms with Gasteiger partial charge in [0.05, 0.1) is 7.11 Å². The van der Waals surface area contributed by atoms with Crippen LogP contribution in [0.2, 0.25) is 0 Å². The topological polar surface area (TPSA) is 64.4 Å². The molecule has 0 aliphatic carbocycles. The van der Waals surface area contributed by atoms with Gasteiger partial charge in [0.1, 0.15) is 5.75 Å². The molecule has 6 heteroatoms. The summed E-state index contributed by atoms with van der Waals surface area (Å²) in [5.74, 6) is 0.868. The molecular formula is C21H29N3O3. The first-order chi connectivity index (χ1) is 12.8. The zero-order valence-electron chi connectivity index (χ0n) is 16.9. The number of hydrogen-bond acceptors (Lipinski definition) is 4. The minimum Gasteiger partial charge on any atom is -0.497 e. The van der Waals surface area contributed by atoms with E-state index in [9.17, 15) is 9.59 Å². The van der Waals surface area contributed by atoms with E-state index in [1.54, 1.807) is 18.6 Å². The maximum absolute atomic E-state index is 12.7. The number of carbonyl (C=O) groups is 1. The smallest absolute Gasteiger partial charge is 0.347 e. The molecular weight excluding hydrogens is 342 g/mol. The van der Waals surface area contributed by atoms with Gasteiger partial charge in [0.2, 0.25) is 5.91 Å². The van der Waals surface area contributed by atoms with E-state index in [2.05, 4.69) is 11.9 Å². The summed E-state index contributed by atoms with van der Waals surface area (Å²) in [7, 11) is 1.64. The van der Waals surface area contributed by atoms with Crippen LogP contribution in [0.25, 0.3) is 0 Å². The Morgan fingerprint density at radius 3 is 2.48 bits per heavy atom. The normalized spacial score (nSPS) is 11.9. The van der Waals surface area contributed by atoms with Crippen molar-refractivity contribution in [2.24, 2.45) is 0 Å². The van der Waals surface area contributed by atoms with Crippen LogP contribution < -0.4 is 10.4 Å². The van der Waals surface area contributed by atoms with Crippen LogP contribution in [0.1, 0.15) is 37.2 Å². The molecule has 146 valence electrons. The Bertz CT molecular complexity index is 828. The first kappa shape index (κ1) is 20.7. The van der Waals surface area contributed by atoms with Crippen LogP contribution in [-0.2, 0) is 17.8 Å². The van der Waals surface area contributed by atoms with Gasteiger partial charge in [-0.3, -0.25) is 9.36 Å². The van der Waals surface area contributed by atoms with Crippen molar-refractivity contribution in [1.29, 1.82) is 0 Å². The van der Waals surface area contributed by atoms with Crippen LogP contribution in [0.4, 0.5) is 0 Å². The number of amides is 1. The number of methoxy groups -OCH3 is 1. The molecule has 1 amide bonds. The summed E-state index contributed by atoms with van der Waals surface area (Å²) in [4.78, 5) is 30.6. The minimum absolute atomic E-state index is 0.0467. The summed E-state index contributed by atoms with van der Waals surface area (Å²) in [6.45, 7) is 8.68. The Morgan fingerprint density at radius 2 is 1.93 bits per heavy atom. The van der Waals surface area contributed by atoms with Crippen LogP contribution >= 0.6 is 0 Å². The molecule has 0 aliphatic heterocycles. The van der Waals surface area contributed by atoms with E-state index in [-0.39, 0.29) is 24.1 Å². The Morgan fingerprint density at radius 1 is 1.26 bits per heavy atom. The van der Waals surface area contributed by atoms with Gasteiger partial charge >= 0.3 is 5.69 Å². The zero-order valence-corrected chi connectivity index (χ0v) is 16.9. The highest BCUT2D eigenvalue weighted by molar-refractivity contribution is 5.76. The molecule has 0 aliphatic rings. The van der Waals surface area contributed by atoms with E-state index in [0.29, 0.717) is 18.8 Å². The molecule has 1 aromatic carbocycles. The molecule has 1 atom stereocenters. The van der Waals surface area contributed by atoms with E-state index in [4.69, 9.17) is 4.74 Å². The standard InChI is InChI=1S/C21H29N3O3/c1-6-23(17(4)14-18-7-9-19(27-5)10-8-18)20(25)11-12-24-16(3)13-15(2)22-21(24)26/h7-10,13,17H,6,11-12,14H2,1-5H3. The second-order valence-corrected chi connectivity index (χ2v) is 6.80. The van der Waals surface area contributed by atoms with Crippen molar-refractivity contribution in [3.8, 4) is 5.75 Å². The average molecular weight is 371 g/mol. The van der Waals surface area contributed by atoms with Crippen molar-refractivity contribution in [1.82, 2.24) is 14.5 Å². The molecule has 0 fully saturated rings. The number of aryl methyl sites for hydroxylation is 2. The van der Waals surface area contributed by atoms with Crippen LogP contribution in [-0.4, -0.2) is 40.1 Å². The van der Waals surface area contributed by atoms with Gasteiger partial charge in [-0.25, -0.2) is 4.79 Å². The number of aromatic nitrogens is 2. The average Bonchev–Trinajstić information content (AvgIpc) is 2.62. The predicted molar refractivity (Wildman–Crippen MR) is 106 cm³/mol. The number of nitrogens with zero attached hydrogens (tertiary/aromatic N) is 3. The highest BCUT2D eigenvalue weighted by atomic mass is 16.5. The number of carbonyl (C=O) groups excluding carboxylic acids is 1. The third-order valence-electron chi connectivity index (χ3n) is 4.78. The van der Waals surface area contributed by atoms with E-state index in [1.807, 2.05) is 49.1 Å². The first-order valence-corrected chi connectivity index (χ1v) is 9.33. The summed E-state index contributed by atoms with van der Waals surface area (Å²) >= 11 is 0. The van der Waals surface area contributed by atoms with E-state index < -0.39 is 0 Å². The third-order valence-corrected chi connectivity index (χ3v) is 4.78. The molecule has 1 unspecified atom stereocenters. The van der Waals surface area contributed by atoms with Gasteiger partial charge in [-0.05, 0) is 57.9 Å². The molecule has 0 N–H and O–H groups in total. The lowest BCUT2D eigenvalue weighted by atomic mass is 10.1. The van der Waals surface area contributed by atoms with Crippen molar-refractivity contribution in [3.63, 3.8) is 0 Å². The largest absolute Gasteiger partial charge is 0.497 e. The first-order valence-electron chi connectivity index (χ1n) is 9.33. The lowest BCUT2D eigenvalue weighted by molar-refractivity contribution is -0.133. The molecule has 2 rings (SSSR count). The molecule has 1 heterocycles. The fourth-order valence-electron chi connectivity index (χ4n) is 3.34. The van der Waals surface area contributed by atoms with E-state index in [1.165, 1.54) is 0 Å². The van der Waals surface area contributed by atoms with Gasteiger partial charge in [0.15, 0.2) is 0 Å². The molecule has 0 saturated heterocycles. The van der Waals surface area contributed by atoms with Crippen molar-refractivity contribution in [2.45, 2.75) is 53.1 Å². The van der Waals surface area contributed by atoms with Crippen molar-refractivity contribution >= 4 is 5.91 Å². The summed E-state index contributed by atoms with van der Waals surface area (Å²) in [6, 6.07) is 9.84. The molecule has 6 nitrogen and oxygen atoms in total. The van der Waals surface area contributed by atoms with Gasteiger partial charge in [0.25, 0.3) is 0 Å². The molecule has 0 saturated carbocycles. The fourth-order valence-corrected chi connectivity index (χ4v) is 3.34. The highest BCUT2D eigenvalue weighted by Gasteiger charge is 2.19. The van der Waals surface area contributed by atoms with Gasteiger partial charge in [-0.1, -0.05) is 12.1 Å². The van der Waals surface area contributed by atoms with Gasteiger partial charge < -0.3 is 9.64 Å². The number of benzene rings is 1. The Balaban J connectivity index is 2.01. The number of likely N-dealkylation sites (N-methyl/N-ethyl adjacent to an activating group) is 1. The fraction of sp³-hybridized carbons (Fsp3) is 0.476. The van der Waals surface area contributed by atoms with Crippen molar-refractivity contribution in [2.75, 3.05) is 13.7 Å². The molecule has 27 heavy (non-hydrogen) atoms. The van der Waals surface area contributed by atoms with E-state index >= 15 is 0 Å². The minimum atomic E-state index is -0.297. The molecule has 0 bridgehead atoms. The van der Waals surface area contributed by atoms with Gasteiger partial charge in [-0.15, -0.1) is 0 Å². The molecule has 0 spiro atoms. The zero-order chi connectivity index (χ0) is 20.0. The lowest BCUT2D eigenvalue weighted by Crippen LogP contribution is -2.40. The van der Waals surface area contributed by atoms with Crippen LogP contribution in [0.15, 0.2) is 35.1 Å². The summed E-state index contributed by atoms with van der Waals surface area (Å²) < 4.78 is 6.75. The van der Waals surface area contributed by atoms with Crippen LogP contribution in [0.5, 0.6) is 5.75 Å². The van der Waals surface area contributed by atoms with Gasteiger partial charge in [-0.2, -0.15) is 4.98 Å². The lowest BCUT2D eigenvalue weighted by Gasteiger charge is -2.28. The molecule has 1 aromatic heterocycles. The summed E-state index contributed by atoms with van der Waals surface area (Å²) in [5.41, 5.74) is 2.39. The summed E-state index contributed by atoms with van der Waals surface area (Å²) in [5, 5.41) is 0. The van der Waals surface area contributed by atoms with Crippen LogP contribution in [0.3, 0.4) is 0 Å². The third kappa shape index (κ3) is 5.42. The Kier molecular flexibility index (Phi) is 7.16. The maximum atomic E-state index is 12.7. The maximum Gasteiger partial charge on any atom is 0.347 e. The quantitative estimate of drug-likeness (QED) is 0.716. The number of hydrogen-bond donors (Lipinski definition) is 0. The highest BCUT2D eigenvalue weighted by Crippen LogP contribution is 2.15.